The number of nitrogens with one attached hydrogen (secondary N) is 1. The van der Waals surface area contributed by atoms with E-state index in [2.05, 4.69) is 10.3 Å². The number of pyridine rings is 1. The third-order valence-corrected chi connectivity index (χ3v) is 3.11. The van der Waals surface area contributed by atoms with Crippen LogP contribution in [0.15, 0.2) is 18.3 Å². The van der Waals surface area contributed by atoms with Crippen molar-refractivity contribution in [1.29, 1.82) is 0 Å². The Labute approximate surface area is 111 Å². The van der Waals surface area contributed by atoms with E-state index < -0.39 is 5.97 Å². The number of aromatic nitrogens is 1. The van der Waals surface area contributed by atoms with Crippen molar-refractivity contribution in [1.82, 2.24) is 9.88 Å². The van der Waals surface area contributed by atoms with Crippen LogP contribution in [0, 0.1) is 0 Å². The van der Waals surface area contributed by atoms with Gasteiger partial charge in [0, 0.05) is 37.9 Å². The van der Waals surface area contributed by atoms with Crippen LogP contribution in [0.3, 0.4) is 0 Å². The van der Waals surface area contributed by atoms with E-state index in [1.807, 2.05) is 4.90 Å². The molecule has 1 aliphatic rings. The zero-order chi connectivity index (χ0) is 13.7. The molecule has 1 aromatic heterocycles. The van der Waals surface area contributed by atoms with Crippen LogP contribution >= 0.6 is 0 Å². The molecule has 0 aromatic carbocycles. The van der Waals surface area contributed by atoms with Gasteiger partial charge in [-0.25, -0.2) is 9.78 Å². The van der Waals surface area contributed by atoms with Crippen LogP contribution in [0.25, 0.3) is 0 Å². The van der Waals surface area contributed by atoms with Crippen molar-refractivity contribution in [2.75, 3.05) is 25.0 Å². The van der Waals surface area contributed by atoms with E-state index in [-0.39, 0.29) is 11.6 Å². The molecule has 2 heterocycles. The van der Waals surface area contributed by atoms with Crippen molar-refractivity contribution in [3.8, 4) is 0 Å². The molecule has 2 rings (SSSR count). The number of carbonyl (C=O) groups excluding carboxylic acids is 1. The molecule has 0 radical (unpaired) electrons. The van der Waals surface area contributed by atoms with Crippen molar-refractivity contribution in [2.24, 2.45) is 0 Å². The van der Waals surface area contributed by atoms with Gasteiger partial charge in [-0.1, -0.05) is 0 Å². The van der Waals surface area contributed by atoms with Crippen LogP contribution in [0.1, 0.15) is 29.8 Å². The molecule has 1 aliphatic heterocycles. The van der Waals surface area contributed by atoms with E-state index >= 15 is 0 Å². The van der Waals surface area contributed by atoms with Crippen LogP contribution < -0.4 is 5.32 Å². The smallest absolute Gasteiger partial charge is 0.354 e. The molecule has 6 nitrogen and oxygen atoms in total. The molecule has 1 saturated heterocycles. The first-order valence-corrected chi connectivity index (χ1v) is 6.38. The second kappa shape index (κ2) is 6.17. The van der Waals surface area contributed by atoms with Gasteiger partial charge < -0.3 is 15.3 Å². The van der Waals surface area contributed by atoms with Gasteiger partial charge in [-0.05, 0) is 25.0 Å². The van der Waals surface area contributed by atoms with E-state index in [4.69, 9.17) is 5.11 Å². The normalized spacial score (nSPS) is 14.4. The number of likely N-dealkylation sites (tertiary alicyclic amines) is 1. The van der Waals surface area contributed by atoms with Crippen LogP contribution in [0.4, 0.5) is 5.69 Å². The molecule has 0 aliphatic carbocycles. The summed E-state index contributed by atoms with van der Waals surface area (Å²) in [5.74, 6) is -0.908. The topological polar surface area (TPSA) is 82.5 Å². The number of amides is 1. The van der Waals surface area contributed by atoms with E-state index in [9.17, 15) is 9.59 Å². The average Bonchev–Trinajstić information content (AvgIpc) is 2.93. The summed E-state index contributed by atoms with van der Waals surface area (Å²) in [5.41, 5.74) is 0.664. The zero-order valence-corrected chi connectivity index (χ0v) is 10.6. The van der Waals surface area contributed by atoms with E-state index in [0.717, 1.165) is 25.9 Å². The summed E-state index contributed by atoms with van der Waals surface area (Å²) in [4.78, 5) is 28.2. The maximum atomic E-state index is 11.8. The largest absolute Gasteiger partial charge is 0.477 e. The van der Waals surface area contributed by atoms with E-state index in [1.165, 1.54) is 12.3 Å². The van der Waals surface area contributed by atoms with Gasteiger partial charge >= 0.3 is 5.97 Å². The number of carbonyl (C=O) groups is 2. The fraction of sp³-hybridized carbons (Fsp3) is 0.462. The first-order chi connectivity index (χ1) is 9.16. The van der Waals surface area contributed by atoms with Crippen molar-refractivity contribution < 1.29 is 14.7 Å². The molecule has 1 amide bonds. The first-order valence-electron chi connectivity index (χ1n) is 6.38. The third-order valence-electron chi connectivity index (χ3n) is 3.11. The summed E-state index contributed by atoms with van der Waals surface area (Å²) in [6.45, 7) is 2.22. The molecule has 0 unspecified atom stereocenters. The molecular formula is C13H17N3O3. The number of anilines is 1. The second-order valence-electron chi connectivity index (χ2n) is 4.50. The number of carboxylic acid groups (broad SMARTS) is 1. The van der Waals surface area contributed by atoms with E-state index in [0.29, 0.717) is 18.7 Å². The Bertz CT molecular complexity index is 470. The minimum absolute atomic E-state index is 0.00382. The maximum absolute atomic E-state index is 11.8. The standard InChI is InChI=1S/C13H17N3O3/c17-12(16-7-1-2-8-16)4-6-14-10-3-5-15-11(9-10)13(18)19/h3,5,9H,1-2,4,6-8H2,(H,14,15)(H,18,19). The summed E-state index contributed by atoms with van der Waals surface area (Å²) in [6, 6.07) is 3.15. The van der Waals surface area contributed by atoms with Gasteiger partial charge in [-0.2, -0.15) is 0 Å². The Kier molecular flexibility index (Phi) is 4.33. The third kappa shape index (κ3) is 3.67. The minimum Gasteiger partial charge on any atom is -0.477 e. The molecule has 6 heteroatoms. The monoisotopic (exact) mass is 263 g/mol. The lowest BCUT2D eigenvalue weighted by Crippen LogP contribution is -2.29. The number of hydrogen-bond acceptors (Lipinski definition) is 4. The van der Waals surface area contributed by atoms with Crippen LogP contribution in [0.5, 0.6) is 0 Å². The van der Waals surface area contributed by atoms with Crippen LogP contribution in [0.2, 0.25) is 0 Å². The number of nitrogens with zero attached hydrogens (tertiary/aromatic N) is 2. The molecule has 1 aromatic rings. The fourth-order valence-corrected chi connectivity index (χ4v) is 2.10. The van der Waals surface area contributed by atoms with Crippen molar-refractivity contribution >= 4 is 17.6 Å². The number of hydrogen-bond donors (Lipinski definition) is 2. The minimum atomic E-state index is -1.06. The highest BCUT2D eigenvalue weighted by Gasteiger charge is 2.17. The summed E-state index contributed by atoms with van der Waals surface area (Å²) in [6.07, 6.45) is 4.04. The average molecular weight is 263 g/mol. The van der Waals surface area contributed by atoms with Crippen molar-refractivity contribution in [3.63, 3.8) is 0 Å². The molecule has 19 heavy (non-hydrogen) atoms. The SMILES string of the molecule is O=C(O)c1cc(NCCC(=O)N2CCCC2)ccn1. The first kappa shape index (κ1) is 13.3. The van der Waals surface area contributed by atoms with Gasteiger partial charge in [0.1, 0.15) is 5.69 Å². The fourth-order valence-electron chi connectivity index (χ4n) is 2.10. The Hall–Kier alpha value is -2.11. The highest BCUT2D eigenvalue weighted by molar-refractivity contribution is 5.86. The quantitative estimate of drug-likeness (QED) is 0.834. The van der Waals surface area contributed by atoms with Crippen LogP contribution in [-0.4, -0.2) is 46.5 Å². The molecular weight excluding hydrogens is 246 g/mol. The van der Waals surface area contributed by atoms with Gasteiger partial charge in [-0.15, -0.1) is 0 Å². The maximum Gasteiger partial charge on any atom is 0.354 e. The lowest BCUT2D eigenvalue weighted by atomic mass is 10.3. The van der Waals surface area contributed by atoms with Crippen LogP contribution in [-0.2, 0) is 4.79 Å². The molecule has 102 valence electrons. The molecule has 0 atom stereocenters. The molecule has 0 spiro atoms. The van der Waals surface area contributed by atoms with Gasteiger partial charge in [0.2, 0.25) is 5.91 Å². The molecule has 1 fully saturated rings. The van der Waals surface area contributed by atoms with Gasteiger partial charge in [0.25, 0.3) is 0 Å². The summed E-state index contributed by atoms with van der Waals surface area (Å²) >= 11 is 0. The van der Waals surface area contributed by atoms with E-state index in [1.54, 1.807) is 6.07 Å². The number of aromatic carboxylic acids is 1. The summed E-state index contributed by atoms with van der Waals surface area (Å²) in [7, 11) is 0. The van der Waals surface area contributed by atoms with Gasteiger partial charge in [0.15, 0.2) is 0 Å². The van der Waals surface area contributed by atoms with Crippen molar-refractivity contribution in [3.05, 3.63) is 24.0 Å². The highest BCUT2D eigenvalue weighted by Crippen LogP contribution is 2.10. The molecule has 0 bridgehead atoms. The lowest BCUT2D eigenvalue weighted by molar-refractivity contribution is -0.129. The number of rotatable bonds is 5. The molecule has 0 saturated carbocycles. The zero-order valence-electron chi connectivity index (χ0n) is 10.6. The molecule has 2 N–H and O–H groups in total. The Morgan fingerprint density at radius 3 is 2.79 bits per heavy atom. The van der Waals surface area contributed by atoms with Gasteiger partial charge in [0.05, 0.1) is 0 Å². The summed E-state index contributed by atoms with van der Waals surface area (Å²) < 4.78 is 0. The Morgan fingerprint density at radius 2 is 2.11 bits per heavy atom. The van der Waals surface area contributed by atoms with Crippen molar-refractivity contribution in [2.45, 2.75) is 19.3 Å². The lowest BCUT2D eigenvalue weighted by Gasteiger charge is -2.15. The Morgan fingerprint density at radius 1 is 1.37 bits per heavy atom. The number of carboxylic acids is 1. The Balaban J connectivity index is 1.80. The predicted octanol–water partition coefficient (Wildman–Crippen LogP) is 1.20. The summed E-state index contributed by atoms with van der Waals surface area (Å²) in [5, 5.41) is 11.9. The highest BCUT2D eigenvalue weighted by atomic mass is 16.4. The second-order valence-corrected chi connectivity index (χ2v) is 4.50. The predicted molar refractivity (Wildman–Crippen MR) is 70.1 cm³/mol. The van der Waals surface area contributed by atoms with Gasteiger partial charge in [-0.3, -0.25) is 4.79 Å².